The molecule has 0 radical (unpaired) electrons. The molecule has 1 aliphatic heterocycles. The molecule has 0 saturated carbocycles. The second-order valence-corrected chi connectivity index (χ2v) is 6.98. The second kappa shape index (κ2) is 7.25. The average molecular weight is 370 g/mol. The lowest BCUT2D eigenvalue weighted by atomic mass is 10.0. The van der Waals surface area contributed by atoms with Crippen LogP contribution in [0.5, 0.6) is 0 Å². The van der Waals surface area contributed by atoms with E-state index in [4.69, 9.17) is 4.52 Å². The first-order valence-electron chi connectivity index (χ1n) is 8.09. The predicted molar refractivity (Wildman–Crippen MR) is 94.0 cm³/mol. The van der Waals surface area contributed by atoms with Crippen molar-refractivity contribution < 1.29 is 13.7 Å². The van der Waals surface area contributed by atoms with Crippen molar-refractivity contribution >= 4 is 17.7 Å². The summed E-state index contributed by atoms with van der Waals surface area (Å²) in [6.45, 7) is 1.14. The smallest absolute Gasteiger partial charge is 0.233 e. The predicted octanol–water partition coefficient (Wildman–Crippen LogP) is 2.99. The zero-order chi connectivity index (χ0) is 17.9. The van der Waals surface area contributed by atoms with Crippen LogP contribution in [0.15, 0.2) is 58.2 Å². The van der Waals surface area contributed by atoms with Crippen molar-refractivity contribution in [2.75, 3.05) is 18.8 Å². The Morgan fingerprint density at radius 2 is 1.92 bits per heavy atom. The van der Waals surface area contributed by atoms with E-state index < -0.39 is 0 Å². The SMILES string of the molecule is O=C(CSc1ccc(F)cc1)N1CC(c2nc(-c3ccncc3)no2)C1. The normalized spacial score (nSPS) is 14.3. The molecule has 0 N–H and O–H groups in total. The number of hydrogen-bond acceptors (Lipinski definition) is 6. The van der Waals surface area contributed by atoms with Crippen LogP contribution in [0.25, 0.3) is 11.4 Å². The van der Waals surface area contributed by atoms with Gasteiger partial charge in [-0.05, 0) is 36.4 Å². The zero-order valence-electron chi connectivity index (χ0n) is 13.7. The number of rotatable bonds is 5. The van der Waals surface area contributed by atoms with Gasteiger partial charge < -0.3 is 9.42 Å². The van der Waals surface area contributed by atoms with E-state index in [1.165, 1.54) is 23.9 Å². The van der Waals surface area contributed by atoms with Gasteiger partial charge >= 0.3 is 0 Å². The molecule has 8 heteroatoms. The molecule has 2 aromatic heterocycles. The molecule has 0 unspecified atom stereocenters. The Hall–Kier alpha value is -2.74. The van der Waals surface area contributed by atoms with Crippen molar-refractivity contribution in [3.8, 4) is 11.4 Å². The lowest BCUT2D eigenvalue weighted by molar-refractivity contribution is -0.133. The molecular formula is C18H15FN4O2S. The number of pyridine rings is 1. The molecular weight excluding hydrogens is 355 g/mol. The number of benzene rings is 1. The highest BCUT2D eigenvalue weighted by Crippen LogP contribution is 2.28. The van der Waals surface area contributed by atoms with Crippen LogP contribution < -0.4 is 0 Å². The number of halogens is 1. The first kappa shape index (κ1) is 16.7. The maximum atomic E-state index is 12.9. The van der Waals surface area contributed by atoms with Crippen molar-refractivity contribution in [1.82, 2.24) is 20.0 Å². The first-order chi connectivity index (χ1) is 12.7. The monoisotopic (exact) mass is 370 g/mol. The number of carbonyl (C=O) groups is 1. The number of amides is 1. The Bertz CT molecular complexity index is 895. The quantitative estimate of drug-likeness (QED) is 0.643. The molecule has 6 nitrogen and oxygen atoms in total. The minimum atomic E-state index is -0.281. The van der Waals surface area contributed by atoms with Gasteiger partial charge in [0.1, 0.15) is 5.82 Å². The Kier molecular flexibility index (Phi) is 4.66. The summed E-state index contributed by atoms with van der Waals surface area (Å²) in [5.74, 6) is 1.23. The molecule has 1 fully saturated rings. The van der Waals surface area contributed by atoms with E-state index in [1.54, 1.807) is 29.4 Å². The molecule has 3 aromatic rings. The minimum Gasteiger partial charge on any atom is -0.340 e. The lowest BCUT2D eigenvalue weighted by Crippen LogP contribution is -2.49. The van der Waals surface area contributed by atoms with E-state index in [0.717, 1.165) is 10.5 Å². The van der Waals surface area contributed by atoms with Crippen LogP contribution in [-0.2, 0) is 4.79 Å². The highest BCUT2D eigenvalue weighted by atomic mass is 32.2. The van der Waals surface area contributed by atoms with Gasteiger partial charge in [-0.1, -0.05) is 5.16 Å². The minimum absolute atomic E-state index is 0.0458. The topological polar surface area (TPSA) is 72.1 Å². The number of hydrogen-bond donors (Lipinski definition) is 0. The summed E-state index contributed by atoms with van der Waals surface area (Å²) in [6.07, 6.45) is 3.35. The number of likely N-dealkylation sites (tertiary alicyclic amines) is 1. The molecule has 1 saturated heterocycles. The van der Waals surface area contributed by atoms with Gasteiger partial charge in [-0.2, -0.15) is 4.98 Å². The van der Waals surface area contributed by atoms with Crippen LogP contribution in [0.3, 0.4) is 0 Å². The molecule has 0 bridgehead atoms. The number of aromatic nitrogens is 3. The van der Waals surface area contributed by atoms with E-state index in [1.807, 2.05) is 12.1 Å². The summed E-state index contributed by atoms with van der Waals surface area (Å²) in [7, 11) is 0. The number of carbonyl (C=O) groups excluding carboxylic acids is 1. The molecule has 1 aliphatic rings. The molecule has 26 heavy (non-hydrogen) atoms. The van der Waals surface area contributed by atoms with Gasteiger partial charge in [0, 0.05) is 35.9 Å². The third kappa shape index (κ3) is 3.60. The summed E-state index contributed by atoms with van der Waals surface area (Å²) in [6, 6.07) is 9.76. The number of nitrogens with zero attached hydrogens (tertiary/aromatic N) is 4. The van der Waals surface area contributed by atoms with Gasteiger partial charge in [0.05, 0.1) is 11.7 Å². The van der Waals surface area contributed by atoms with Crippen LogP contribution in [0, 0.1) is 5.82 Å². The van der Waals surface area contributed by atoms with Crippen molar-refractivity contribution in [2.24, 2.45) is 0 Å². The summed E-state index contributed by atoms with van der Waals surface area (Å²) in [5, 5.41) is 3.99. The van der Waals surface area contributed by atoms with Crippen molar-refractivity contribution in [3.05, 3.63) is 60.5 Å². The maximum Gasteiger partial charge on any atom is 0.233 e. The fourth-order valence-electron chi connectivity index (χ4n) is 2.62. The van der Waals surface area contributed by atoms with Gasteiger partial charge in [-0.15, -0.1) is 11.8 Å². The molecule has 1 aromatic carbocycles. The van der Waals surface area contributed by atoms with E-state index in [-0.39, 0.29) is 17.6 Å². The maximum absolute atomic E-state index is 12.9. The largest absolute Gasteiger partial charge is 0.340 e. The zero-order valence-corrected chi connectivity index (χ0v) is 14.5. The van der Waals surface area contributed by atoms with Gasteiger partial charge in [0.2, 0.25) is 17.6 Å². The second-order valence-electron chi connectivity index (χ2n) is 5.93. The van der Waals surface area contributed by atoms with Gasteiger partial charge in [-0.3, -0.25) is 9.78 Å². The number of thioether (sulfide) groups is 1. The third-order valence-corrected chi connectivity index (χ3v) is 5.14. The molecule has 4 rings (SSSR count). The Balaban J connectivity index is 1.29. The molecule has 0 aliphatic carbocycles. The van der Waals surface area contributed by atoms with E-state index in [9.17, 15) is 9.18 Å². The summed E-state index contributed by atoms with van der Waals surface area (Å²) in [5.41, 5.74) is 0.845. The molecule has 1 amide bonds. The Morgan fingerprint density at radius 1 is 1.19 bits per heavy atom. The van der Waals surface area contributed by atoms with Gasteiger partial charge in [0.25, 0.3) is 0 Å². The van der Waals surface area contributed by atoms with Crippen molar-refractivity contribution in [3.63, 3.8) is 0 Å². The van der Waals surface area contributed by atoms with Crippen molar-refractivity contribution in [1.29, 1.82) is 0 Å². The fraction of sp³-hybridized carbons (Fsp3) is 0.222. The molecule has 0 spiro atoms. The summed E-state index contributed by atoms with van der Waals surface area (Å²) in [4.78, 5) is 23.2. The Morgan fingerprint density at radius 3 is 2.65 bits per heavy atom. The van der Waals surface area contributed by atoms with Crippen LogP contribution in [0.4, 0.5) is 4.39 Å². The van der Waals surface area contributed by atoms with Crippen LogP contribution in [-0.4, -0.2) is 44.8 Å². The fourth-order valence-corrected chi connectivity index (χ4v) is 3.43. The van der Waals surface area contributed by atoms with Gasteiger partial charge in [0.15, 0.2) is 0 Å². The van der Waals surface area contributed by atoms with Crippen LogP contribution >= 0.6 is 11.8 Å². The van der Waals surface area contributed by atoms with Crippen LogP contribution in [0.2, 0.25) is 0 Å². The lowest BCUT2D eigenvalue weighted by Gasteiger charge is -2.37. The van der Waals surface area contributed by atoms with E-state index in [2.05, 4.69) is 15.1 Å². The van der Waals surface area contributed by atoms with E-state index in [0.29, 0.717) is 30.6 Å². The summed E-state index contributed by atoms with van der Waals surface area (Å²) >= 11 is 1.40. The average Bonchev–Trinajstić information content (AvgIpc) is 3.10. The molecule has 132 valence electrons. The third-order valence-electron chi connectivity index (χ3n) is 4.14. The first-order valence-corrected chi connectivity index (χ1v) is 9.08. The van der Waals surface area contributed by atoms with E-state index >= 15 is 0 Å². The molecule has 3 heterocycles. The summed E-state index contributed by atoms with van der Waals surface area (Å²) < 4.78 is 18.2. The highest BCUT2D eigenvalue weighted by Gasteiger charge is 2.35. The highest BCUT2D eigenvalue weighted by molar-refractivity contribution is 8.00. The molecule has 0 atom stereocenters. The van der Waals surface area contributed by atoms with Gasteiger partial charge in [-0.25, -0.2) is 4.39 Å². The van der Waals surface area contributed by atoms with Crippen molar-refractivity contribution in [2.45, 2.75) is 10.8 Å². The Labute approximate surface area is 153 Å². The standard InChI is InChI=1S/C18H15FN4O2S/c19-14-1-3-15(4-2-14)26-11-16(24)23-9-13(10-23)18-21-17(22-25-18)12-5-7-20-8-6-12/h1-8,13H,9-11H2. The van der Waals surface area contributed by atoms with Crippen LogP contribution in [0.1, 0.15) is 11.8 Å².